The van der Waals surface area contributed by atoms with Crippen molar-refractivity contribution in [1.29, 1.82) is 0 Å². The first kappa shape index (κ1) is 60.1. The molecule has 0 atom stereocenters. The van der Waals surface area contributed by atoms with Crippen LogP contribution in [0.15, 0.2) is 97.1 Å². The number of thiazole rings is 2. The molecule has 2 N–H and O–H groups in total. The molecule has 0 aliphatic heterocycles. The van der Waals surface area contributed by atoms with Gasteiger partial charge in [0, 0.05) is 21.5 Å². The second-order valence-electron chi connectivity index (χ2n) is 21.3. The molecule has 0 spiro atoms. The van der Waals surface area contributed by atoms with E-state index in [0.717, 1.165) is 147 Å². The molecule has 6 heterocycles. The van der Waals surface area contributed by atoms with Gasteiger partial charge in [0.2, 0.25) is 0 Å². The van der Waals surface area contributed by atoms with Crippen molar-refractivity contribution in [2.24, 2.45) is 0 Å². The number of benzene rings is 4. The summed E-state index contributed by atoms with van der Waals surface area (Å²) < 4.78 is 19.0. The molecule has 2 fully saturated rings. The van der Waals surface area contributed by atoms with Gasteiger partial charge < -0.3 is 33.9 Å². The van der Waals surface area contributed by atoms with Crippen molar-refractivity contribution in [2.45, 2.75) is 117 Å². The summed E-state index contributed by atoms with van der Waals surface area (Å²) in [5.74, 6) is -1.44. The smallest absolute Gasteiger partial charge is 0.870 e. The normalized spacial score (nSPS) is 13.8. The Kier molecular flexibility index (Phi) is 18.5. The number of carbonyl (C=O) groups is 4. The molecule has 15 nitrogen and oxygen atoms in total. The molecule has 6 aromatic heterocycles. The topological polar surface area (TPSA) is 208 Å². The van der Waals surface area contributed by atoms with Crippen molar-refractivity contribution >= 4 is 90.2 Å². The average molecular weight is 1150 g/mol. The zero-order valence-corrected chi connectivity index (χ0v) is 49.8. The summed E-state index contributed by atoms with van der Waals surface area (Å²) in [7, 11) is 4.14. The molecule has 2 saturated carbocycles. The van der Waals surface area contributed by atoms with E-state index >= 15 is 0 Å². The van der Waals surface area contributed by atoms with E-state index in [2.05, 4.69) is 52.4 Å². The van der Waals surface area contributed by atoms with Gasteiger partial charge in [0.1, 0.15) is 13.1 Å². The first-order valence-corrected chi connectivity index (χ1v) is 29.3. The van der Waals surface area contributed by atoms with Crippen LogP contribution in [0.1, 0.15) is 129 Å². The standard InChI is InChI=1S/C33H33N3O4S.C32H31N3O4S.Li.H2O/c1-19-32(41-20(2)34-19)27-15-11-22-16-23(12-14-26(22)35-27)31-30(21-8-6-5-7-9-21)25-13-10-24(33(38)40-4)17-28(25)36(31)18-29(37)39-3;1-18-31(40-19(2)33-18)26-14-10-21-15-22(11-13-25(21)34-26)30-29(20-7-5-4-6-8-20)24-12-9-23(32(38)39-3)16-27(24)35(30)17-28(36)37;;/h10-17,21H,5-9,18H2,1-4H3;9-16,20H,4-8,17H2,1-3H3,(H,36,37);;1H2/q;;+1;/p-1. The number of methoxy groups -OCH3 is 3. The van der Waals surface area contributed by atoms with Gasteiger partial charge in [0.15, 0.2) is 0 Å². The summed E-state index contributed by atoms with van der Waals surface area (Å²) >= 11 is 3.30. The fourth-order valence-corrected chi connectivity index (χ4v) is 14.2. The van der Waals surface area contributed by atoms with E-state index in [1.165, 1.54) is 58.1 Å². The second kappa shape index (κ2) is 25.5. The van der Waals surface area contributed by atoms with E-state index in [-0.39, 0.29) is 43.4 Å². The predicted molar refractivity (Wildman–Crippen MR) is 322 cm³/mol. The SMILES string of the molecule is COC(=O)Cn1c(-c2ccc3nc(-c4sc(C)nc4C)ccc3c2)c(C2CCCCC2)c2ccc(C(=O)OC)cc21.COC(=O)c1ccc2c(C3CCCCC3)c(-c3ccc4nc(-c5sc(C)nc5C)ccc4c3)n(CC(=O)O)c2c1.[Li+].[OH-]. The molecular weight excluding hydrogens is 1080 g/mol. The Morgan fingerprint density at radius 1 is 0.530 bits per heavy atom. The molecule has 0 saturated heterocycles. The molecule has 0 bridgehead atoms. The van der Waals surface area contributed by atoms with Gasteiger partial charge in [-0.1, -0.05) is 74.9 Å². The van der Waals surface area contributed by atoms with Crippen LogP contribution in [0, 0.1) is 27.7 Å². The Balaban J connectivity index is 0.000000195. The number of esters is 3. The Morgan fingerprint density at radius 3 is 1.33 bits per heavy atom. The minimum atomic E-state index is -0.931. The number of aromatic nitrogens is 6. The Bertz CT molecular complexity index is 4110. The predicted octanol–water partition coefficient (Wildman–Crippen LogP) is 11.9. The van der Waals surface area contributed by atoms with E-state index in [1.54, 1.807) is 34.8 Å². The monoisotopic (exact) mass is 1140 g/mol. The number of pyridine rings is 2. The summed E-state index contributed by atoms with van der Waals surface area (Å²) in [4.78, 5) is 70.9. The maximum absolute atomic E-state index is 12.7. The van der Waals surface area contributed by atoms with Gasteiger partial charge in [-0.25, -0.2) is 29.5 Å². The fraction of sp³-hybridized carbons (Fsp3) is 0.323. The minimum Gasteiger partial charge on any atom is -0.870 e. The fourth-order valence-electron chi connectivity index (χ4n) is 12.5. The molecule has 18 heteroatoms. The molecule has 0 amide bonds. The second-order valence-corrected chi connectivity index (χ2v) is 23.7. The molecule has 422 valence electrons. The summed E-state index contributed by atoms with van der Waals surface area (Å²) in [5, 5.41) is 16.1. The van der Waals surface area contributed by atoms with E-state index in [4.69, 9.17) is 24.2 Å². The molecule has 4 aromatic carbocycles. The number of carboxylic acids is 1. The van der Waals surface area contributed by atoms with Crippen molar-refractivity contribution in [2.75, 3.05) is 21.3 Å². The van der Waals surface area contributed by atoms with Gasteiger partial charge in [-0.3, -0.25) is 9.59 Å². The molecule has 2 aliphatic carbocycles. The number of aliphatic carboxylic acids is 1. The molecular formula is C65H65LiN6O9S2. The number of ether oxygens (including phenoxy) is 3. The Labute approximate surface area is 501 Å². The number of hydrogen-bond donors (Lipinski definition) is 1. The maximum atomic E-state index is 12.7. The van der Waals surface area contributed by atoms with Gasteiger partial charge in [-0.15, -0.1) is 22.7 Å². The number of hydrogen-bond acceptors (Lipinski definition) is 14. The third kappa shape index (κ3) is 12.0. The van der Waals surface area contributed by atoms with Gasteiger partial charge in [-0.05, 0) is 148 Å². The number of nitrogens with zero attached hydrogens (tertiary/aromatic N) is 6. The zero-order valence-electron chi connectivity index (χ0n) is 48.1. The average Bonchev–Trinajstić information content (AvgIpc) is 2.77. The maximum Gasteiger partial charge on any atom is 1.00 e. The summed E-state index contributed by atoms with van der Waals surface area (Å²) in [5.41, 5.74) is 14.3. The van der Waals surface area contributed by atoms with Crippen LogP contribution >= 0.6 is 22.7 Å². The van der Waals surface area contributed by atoms with E-state index in [9.17, 15) is 24.3 Å². The largest absolute Gasteiger partial charge is 1.00 e. The van der Waals surface area contributed by atoms with Gasteiger partial charge in [0.05, 0.1) is 108 Å². The Hall–Kier alpha value is -7.52. The van der Waals surface area contributed by atoms with Crippen LogP contribution in [0.25, 0.3) is 87.3 Å². The molecule has 0 radical (unpaired) electrons. The van der Waals surface area contributed by atoms with E-state index in [0.29, 0.717) is 23.0 Å². The van der Waals surface area contributed by atoms with Crippen LogP contribution < -0.4 is 18.9 Å². The third-order valence-electron chi connectivity index (χ3n) is 16.1. The number of carboxylic acid groups (broad SMARTS) is 1. The van der Waals surface area contributed by atoms with Crippen molar-refractivity contribution in [3.8, 4) is 43.7 Å². The van der Waals surface area contributed by atoms with Crippen LogP contribution in [0.4, 0.5) is 0 Å². The van der Waals surface area contributed by atoms with Gasteiger partial charge in [-0.2, -0.15) is 0 Å². The minimum absolute atomic E-state index is 0. The molecule has 2 aliphatic rings. The number of aryl methyl sites for hydroxylation is 4. The number of rotatable bonds is 12. The van der Waals surface area contributed by atoms with Crippen LogP contribution in [-0.4, -0.2) is 84.9 Å². The number of carbonyl (C=O) groups excluding carboxylic acids is 3. The summed E-state index contributed by atoms with van der Waals surface area (Å²) in [6.07, 6.45) is 11.4. The van der Waals surface area contributed by atoms with E-state index < -0.39 is 17.9 Å². The van der Waals surface area contributed by atoms with Crippen molar-refractivity contribution in [1.82, 2.24) is 29.1 Å². The van der Waals surface area contributed by atoms with Gasteiger partial charge in [0.25, 0.3) is 0 Å². The quantitative estimate of drug-likeness (QED) is 0.0687. The molecule has 0 unspecified atom stereocenters. The van der Waals surface area contributed by atoms with Crippen molar-refractivity contribution < 1.29 is 62.8 Å². The first-order chi connectivity index (χ1) is 39.2. The number of fused-ring (bicyclic) bond motifs is 4. The first-order valence-electron chi connectivity index (χ1n) is 27.7. The third-order valence-corrected chi connectivity index (χ3v) is 18.3. The van der Waals surface area contributed by atoms with Crippen LogP contribution in [-0.2, 0) is 36.9 Å². The molecule has 12 rings (SSSR count). The Morgan fingerprint density at radius 2 is 0.952 bits per heavy atom. The van der Waals surface area contributed by atoms with Crippen LogP contribution in [0.2, 0.25) is 0 Å². The van der Waals surface area contributed by atoms with Crippen molar-refractivity contribution in [3.63, 3.8) is 0 Å². The zero-order chi connectivity index (χ0) is 56.6. The molecule has 10 aromatic rings. The summed E-state index contributed by atoms with van der Waals surface area (Å²) in [6, 6.07) is 31.9. The summed E-state index contributed by atoms with van der Waals surface area (Å²) in [6.45, 7) is 7.88. The van der Waals surface area contributed by atoms with Crippen LogP contribution in [0.3, 0.4) is 0 Å². The van der Waals surface area contributed by atoms with Gasteiger partial charge >= 0.3 is 42.7 Å². The van der Waals surface area contributed by atoms with E-state index in [1.807, 2.05) is 79.3 Å². The van der Waals surface area contributed by atoms with Crippen molar-refractivity contribution in [3.05, 3.63) is 141 Å². The molecule has 83 heavy (non-hydrogen) atoms. The van der Waals surface area contributed by atoms with Crippen LogP contribution in [0.5, 0.6) is 0 Å².